The molecule has 1 rings (SSSR count). The maximum atomic E-state index is 13.2. The van der Waals surface area contributed by atoms with Gasteiger partial charge >= 0.3 is 0 Å². The van der Waals surface area contributed by atoms with E-state index in [1.54, 1.807) is 0 Å². The van der Waals surface area contributed by atoms with Crippen LogP contribution in [0.4, 0.5) is 15.8 Å². The van der Waals surface area contributed by atoms with E-state index in [2.05, 4.69) is 10.0 Å². The Morgan fingerprint density at radius 1 is 1.42 bits per heavy atom. The normalized spacial score (nSPS) is 11.3. The van der Waals surface area contributed by atoms with Gasteiger partial charge in [0.15, 0.2) is 0 Å². The first-order chi connectivity index (χ1) is 8.76. The molecule has 2 N–H and O–H groups in total. The number of aryl methyl sites for hydroxylation is 1. The van der Waals surface area contributed by atoms with Crippen molar-refractivity contribution in [2.75, 3.05) is 24.7 Å². The van der Waals surface area contributed by atoms with E-state index in [0.717, 1.165) is 6.07 Å². The molecule has 1 aromatic carbocycles. The first-order valence-corrected chi connectivity index (χ1v) is 7.01. The van der Waals surface area contributed by atoms with Crippen LogP contribution in [0.3, 0.4) is 0 Å². The van der Waals surface area contributed by atoms with Gasteiger partial charge in [0.25, 0.3) is 5.69 Å². The van der Waals surface area contributed by atoms with Crippen molar-refractivity contribution in [1.82, 2.24) is 4.72 Å². The lowest BCUT2D eigenvalue weighted by Gasteiger charge is -2.08. The largest absolute Gasteiger partial charge is 0.378 e. The highest BCUT2D eigenvalue weighted by molar-refractivity contribution is 7.89. The van der Waals surface area contributed by atoms with Gasteiger partial charge in [0.05, 0.1) is 16.7 Å². The Hall–Kier alpha value is -1.74. The first kappa shape index (κ1) is 15.3. The number of hydrogen-bond acceptors (Lipinski definition) is 5. The number of anilines is 1. The van der Waals surface area contributed by atoms with Gasteiger partial charge in [0, 0.05) is 6.54 Å². The zero-order chi connectivity index (χ0) is 14.6. The van der Waals surface area contributed by atoms with Gasteiger partial charge in [-0.05, 0) is 25.6 Å². The fraction of sp³-hybridized carbons (Fsp3) is 0.400. The summed E-state index contributed by atoms with van der Waals surface area (Å²) < 4.78 is 37.7. The molecule has 7 nitrogen and oxygen atoms in total. The topological polar surface area (TPSA) is 101 Å². The lowest BCUT2D eigenvalue weighted by atomic mass is 10.2. The summed E-state index contributed by atoms with van der Waals surface area (Å²) >= 11 is 0. The highest BCUT2D eigenvalue weighted by atomic mass is 32.2. The van der Waals surface area contributed by atoms with Crippen molar-refractivity contribution >= 4 is 21.4 Å². The van der Waals surface area contributed by atoms with Crippen molar-refractivity contribution in [3.63, 3.8) is 0 Å². The third-order valence-electron chi connectivity index (χ3n) is 2.47. The summed E-state index contributed by atoms with van der Waals surface area (Å²) in [6.07, 6.45) is 0. The lowest BCUT2D eigenvalue weighted by molar-refractivity contribution is -0.384. The summed E-state index contributed by atoms with van der Waals surface area (Å²) in [7, 11) is -2.12. The van der Waals surface area contributed by atoms with E-state index < -0.39 is 26.5 Å². The van der Waals surface area contributed by atoms with Crippen molar-refractivity contribution < 1.29 is 17.7 Å². The average molecular weight is 291 g/mol. The van der Waals surface area contributed by atoms with Crippen LogP contribution in [0.1, 0.15) is 5.56 Å². The SMILES string of the molecule is CNS(=O)(=O)CCNc1cc(C)c(F)cc1[N+](=O)[O-]. The van der Waals surface area contributed by atoms with E-state index in [4.69, 9.17) is 0 Å². The molecule has 0 aliphatic rings. The van der Waals surface area contributed by atoms with E-state index in [-0.39, 0.29) is 23.5 Å². The molecular formula is C10H14FN3O4S. The summed E-state index contributed by atoms with van der Waals surface area (Å²) in [5.74, 6) is -0.919. The summed E-state index contributed by atoms with van der Waals surface area (Å²) in [5, 5.41) is 13.4. The van der Waals surface area contributed by atoms with E-state index in [9.17, 15) is 22.9 Å². The van der Waals surface area contributed by atoms with Crippen molar-refractivity contribution in [2.24, 2.45) is 0 Å². The van der Waals surface area contributed by atoms with Gasteiger partial charge in [-0.1, -0.05) is 0 Å². The van der Waals surface area contributed by atoms with Gasteiger partial charge in [-0.2, -0.15) is 0 Å². The molecule has 106 valence electrons. The Labute approximate surface area is 110 Å². The molecular weight excluding hydrogens is 277 g/mol. The summed E-state index contributed by atoms with van der Waals surface area (Å²) in [5.41, 5.74) is -0.0928. The number of sulfonamides is 1. The predicted octanol–water partition coefficient (Wildman–Crippen LogP) is 1.00. The fourth-order valence-corrected chi connectivity index (χ4v) is 1.96. The van der Waals surface area contributed by atoms with Crippen LogP contribution in [0, 0.1) is 22.9 Å². The number of benzene rings is 1. The molecule has 0 bridgehead atoms. The molecule has 0 aromatic heterocycles. The molecule has 0 unspecified atom stereocenters. The van der Waals surface area contributed by atoms with Crippen LogP contribution in [-0.4, -0.2) is 32.7 Å². The molecule has 0 saturated carbocycles. The number of nitro benzene ring substituents is 1. The minimum atomic E-state index is -3.40. The molecule has 1 aromatic rings. The summed E-state index contributed by atoms with van der Waals surface area (Å²) in [6, 6.07) is 2.09. The van der Waals surface area contributed by atoms with Gasteiger partial charge in [-0.15, -0.1) is 0 Å². The summed E-state index contributed by atoms with van der Waals surface area (Å²) in [6.45, 7) is 1.45. The molecule has 0 saturated heterocycles. The van der Waals surface area contributed by atoms with Gasteiger partial charge in [-0.3, -0.25) is 10.1 Å². The molecule has 9 heteroatoms. The van der Waals surface area contributed by atoms with E-state index in [0.29, 0.717) is 0 Å². The van der Waals surface area contributed by atoms with Gasteiger partial charge in [-0.25, -0.2) is 17.5 Å². The van der Waals surface area contributed by atoms with E-state index in [1.807, 2.05) is 0 Å². The second kappa shape index (κ2) is 5.93. The predicted molar refractivity (Wildman–Crippen MR) is 69.1 cm³/mol. The molecule has 0 aliphatic carbocycles. The van der Waals surface area contributed by atoms with Crippen LogP contribution in [0.15, 0.2) is 12.1 Å². The quantitative estimate of drug-likeness (QED) is 0.601. The number of nitro groups is 1. The smallest absolute Gasteiger partial charge is 0.295 e. The Kier molecular flexibility index (Phi) is 4.78. The number of nitrogens with one attached hydrogen (secondary N) is 2. The van der Waals surface area contributed by atoms with Crippen LogP contribution >= 0.6 is 0 Å². The lowest BCUT2D eigenvalue weighted by Crippen LogP contribution is -2.26. The second-order valence-electron chi connectivity index (χ2n) is 3.83. The van der Waals surface area contributed by atoms with Crippen LogP contribution in [0.5, 0.6) is 0 Å². The third kappa shape index (κ3) is 4.14. The number of hydrogen-bond donors (Lipinski definition) is 2. The second-order valence-corrected chi connectivity index (χ2v) is 5.87. The minimum absolute atomic E-state index is 0.0188. The van der Waals surface area contributed by atoms with Crippen molar-refractivity contribution in [3.05, 3.63) is 33.6 Å². The highest BCUT2D eigenvalue weighted by Crippen LogP contribution is 2.27. The standard InChI is InChI=1S/C10H14FN3O4S/c1-7-5-9(10(14(15)16)6-8(7)11)13-3-4-19(17,18)12-2/h5-6,12-13H,3-4H2,1-2H3. The molecule has 0 spiro atoms. The van der Waals surface area contributed by atoms with Crippen molar-refractivity contribution in [2.45, 2.75) is 6.92 Å². The molecule has 0 amide bonds. The molecule has 0 heterocycles. The maximum absolute atomic E-state index is 13.2. The fourth-order valence-electron chi connectivity index (χ4n) is 1.39. The molecule has 0 aliphatic heterocycles. The zero-order valence-electron chi connectivity index (χ0n) is 10.4. The van der Waals surface area contributed by atoms with Gasteiger partial charge < -0.3 is 5.32 Å². The zero-order valence-corrected chi connectivity index (χ0v) is 11.3. The maximum Gasteiger partial charge on any atom is 0.295 e. The summed E-state index contributed by atoms with van der Waals surface area (Å²) in [4.78, 5) is 10.0. The molecule has 0 fully saturated rings. The Morgan fingerprint density at radius 2 is 2.05 bits per heavy atom. The highest BCUT2D eigenvalue weighted by Gasteiger charge is 2.17. The Balaban J connectivity index is 2.89. The van der Waals surface area contributed by atoms with Crippen LogP contribution in [-0.2, 0) is 10.0 Å². The molecule has 0 atom stereocenters. The third-order valence-corrected chi connectivity index (χ3v) is 3.83. The molecule has 0 radical (unpaired) electrons. The van der Waals surface area contributed by atoms with Crippen molar-refractivity contribution in [1.29, 1.82) is 0 Å². The van der Waals surface area contributed by atoms with E-state index in [1.165, 1.54) is 20.0 Å². The molecule has 19 heavy (non-hydrogen) atoms. The minimum Gasteiger partial charge on any atom is -0.378 e. The number of rotatable bonds is 6. The number of halogens is 1. The Morgan fingerprint density at radius 3 is 2.58 bits per heavy atom. The van der Waals surface area contributed by atoms with Crippen LogP contribution < -0.4 is 10.0 Å². The monoisotopic (exact) mass is 291 g/mol. The van der Waals surface area contributed by atoms with Gasteiger partial charge in [0.2, 0.25) is 10.0 Å². The first-order valence-electron chi connectivity index (χ1n) is 5.36. The number of nitrogens with zero attached hydrogens (tertiary/aromatic N) is 1. The van der Waals surface area contributed by atoms with Crippen LogP contribution in [0.25, 0.3) is 0 Å². The average Bonchev–Trinajstić information content (AvgIpc) is 2.32. The van der Waals surface area contributed by atoms with Crippen LogP contribution in [0.2, 0.25) is 0 Å². The van der Waals surface area contributed by atoms with E-state index >= 15 is 0 Å². The van der Waals surface area contributed by atoms with Gasteiger partial charge in [0.1, 0.15) is 11.5 Å². The van der Waals surface area contributed by atoms with Crippen molar-refractivity contribution in [3.8, 4) is 0 Å². The Bertz CT molecular complexity index is 589.